The van der Waals surface area contributed by atoms with Gasteiger partial charge in [-0.2, -0.15) is 0 Å². The van der Waals surface area contributed by atoms with E-state index in [1.54, 1.807) is 13.2 Å². The molecule has 1 atom stereocenters. The van der Waals surface area contributed by atoms with Crippen molar-refractivity contribution in [2.24, 2.45) is 5.41 Å². The molecule has 2 aromatic rings. The van der Waals surface area contributed by atoms with Crippen LogP contribution >= 0.6 is 0 Å². The van der Waals surface area contributed by atoms with E-state index in [1.807, 2.05) is 31.2 Å². The average molecular weight is 417 g/mol. The SMILES string of the molecule is CC[C@H](CNC(=O)C1(Cc2ccccc2-c2ccc(F)c(F)c2)CCOCC1)OC. The third-order valence-corrected chi connectivity index (χ3v) is 5.99. The van der Waals surface area contributed by atoms with Gasteiger partial charge in [-0.25, -0.2) is 8.78 Å². The Labute approximate surface area is 176 Å². The van der Waals surface area contributed by atoms with Crippen molar-refractivity contribution in [3.63, 3.8) is 0 Å². The zero-order chi connectivity index (χ0) is 21.6. The lowest BCUT2D eigenvalue weighted by Crippen LogP contribution is -2.48. The zero-order valence-electron chi connectivity index (χ0n) is 17.5. The molecule has 3 rings (SSSR count). The van der Waals surface area contributed by atoms with Crippen LogP contribution in [0.2, 0.25) is 0 Å². The van der Waals surface area contributed by atoms with E-state index in [-0.39, 0.29) is 12.0 Å². The molecule has 0 saturated carbocycles. The minimum atomic E-state index is -0.883. The molecule has 30 heavy (non-hydrogen) atoms. The molecule has 162 valence electrons. The number of carbonyl (C=O) groups excluding carboxylic acids is 1. The highest BCUT2D eigenvalue weighted by Gasteiger charge is 2.40. The number of benzene rings is 2. The fourth-order valence-electron chi connectivity index (χ4n) is 4.02. The summed E-state index contributed by atoms with van der Waals surface area (Å²) in [6.07, 6.45) is 2.50. The number of hydrogen-bond donors (Lipinski definition) is 1. The number of methoxy groups -OCH3 is 1. The summed E-state index contributed by atoms with van der Waals surface area (Å²) in [6.45, 7) is 3.51. The molecule has 0 bridgehead atoms. The number of rotatable bonds is 8. The minimum absolute atomic E-state index is 0.0126. The number of nitrogens with one attached hydrogen (secondary N) is 1. The Morgan fingerprint density at radius 1 is 1.17 bits per heavy atom. The van der Waals surface area contributed by atoms with Crippen molar-refractivity contribution in [3.05, 3.63) is 59.7 Å². The van der Waals surface area contributed by atoms with Gasteiger partial charge in [0.25, 0.3) is 0 Å². The predicted molar refractivity (Wildman–Crippen MR) is 112 cm³/mol. The van der Waals surface area contributed by atoms with Crippen LogP contribution in [0, 0.1) is 17.0 Å². The monoisotopic (exact) mass is 417 g/mol. The summed E-state index contributed by atoms with van der Waals surface area (Å²) in [7, 11) is 1.64. The maximum absolute atomic E-state index is 13.8. The van der Waals surface area contributed by atoms with Gasteiger partial charge in [0.15, 0.2) is 11.6 Å². The Hall–Kier alpha value is -2.31. The molecule has 1 aliphatic rings. The van der Waals surface area contributed by atoms with Crippen molar-refractivity contribution in [1.82, 2.24) is 5.32 Å². The van der Waals surface area contributed by atoms with Gasteiger partial charge >= 0.3 is 0 Å². The van der Waals surface area contributed by atoms with Gasteiger partial charge in [0.2, 0.25) is 5.91 Å². The van der Waals surface area contributed by atoms with Gasteiger partial charge in [-0.1, -0.05) is 37.3 Å². The first-order valence-electron chi connectivity index (χ1n) is 10.4. The average Bonchev–Trinajstić information content (AvgIpc) is 2.77. The molecule has 0 aliphatic carbocycles. The second-order valence-corrected chi connectivity index (χ2v) is 7.83. The van der Waals surface area contributed by atoms with Crippen molar-refractivity contribution < 1.29 is 23.0 Å². The van der Waals surface area contributed by atoms with E-state index in [2.05, 4.69) is 5.32 Å². The third-order valence-electron chi connectivity index (χ3n) is 5.99. The predicted octanol–water partition coefficient (Wildman–Crippen LogP) is 4.51. The third kappa shape index (κ3) is 5.05. The fourth-order valence-corrected chi connectivity index (χ4v) is 4.02. The first kappa shape index (κ1) is 22.4. The van der Waals surface area contributed by atoms with Crippen LogP contribution in [0.1, 0.15) is 31.7 Å². The van der Waals surface area contributed by atoms with Crippen molar-refractivity contribution in [3.8, 4) is 11.1 Å². The number of halogens is 2. The molecule has 6 heteroatoms. The summed E-state index contributed by atoms with van der Waals surface area (Å²) in [5.41, 5.74) is 1.72. The molecule has 1 fully saturated rings. The van der Waals surface area contributed by atoms with E-state index in [9.17, 15) is 13.6 Å². The van der Waals surface area contributed by atoms with Crippen molar-refractivity contribution >= 4 is 5.91 Å². The highest BCUT2D eigenvalue weighted by Crippen LogP contribution is 2.38. The van der Waals surface area contributed by atoms with Gasteiger partial charge in [-0.15, -0.1) is 0 Å². The van der Waals surface area contributed by atoms with Gasteiger partial charge in [0.05, 0.1) is 11.5 Å². The minimum Gasteiger partial charge on any atom is -0.381 e. The van der Waals surface area contributed by atoms with Gasteiger partial charge in [-0.05, 0) is 54.5 Å². The van der Waals surface area contributed by atoms with Crippen LogP contribution in [0.25, 0.3) is 11.1 Å². The molecule has 0 aromatic heterocycles. The smallest absolute Gasteiger partial charge is 0.226 e. The molecule has 1 amide bonds. The van der Waals surface area contributed by atoms with Crippen molar-refractivity contribution in [2.75, 3.05) is 26.9 Å². The maximum Gasteiger partial charge on any atom is 0.226 e. The summed E-state index contributed by atoms with van der Waals surface area (Å²) in [5.74, 6) is -1.77. The van der Waals surface area contributed by atoms with Gasteiger partial charge < -0.3 is 14.8 Å². The molecular formula is C24H29F2NO3. The molecule has 0 unspecified atom stereocenters. The molecule has 1 heterocycles. The standard InChI is InChI=1S/C24H29F2NO3/c1-3-19(29-2)16-27-23(28)24(10-12-30-13-11-24)15-18-6-4-5-7-20(18)17-8-9-21(25)22(26)14-17/h4-9,14,19H,3,10-13,15-16H2,1-2H3,(H,27,28)/t19-/m1/s1. The number of ether oxygens (including phenoxy) is 2. The van der Waals surface area contributed by atoms with Crippen LogP contribution in [0.5, 0.6) is 0 Å². The molecule has 1 N–H and O–H groups in total. The maximum atomic E-state index is 13.8. The first-order chi connectivity index (χ1) is 14.5. The van der Waals surface area contributed by atoms with Crippen LogP contribution in [-0.2, 0) is 20.7 Å². The van der Waals surface area contributed by atoms with Gasteiger partial charge in [0.1, 0.15) is 0 Å². The topological polar surface area (TPSA) is 47.6 Å². The molecule has 1 saturated heterocycles. The Bertz CT molecular complexity index is 861. The Balaban J connectivity index is 1.88. The molecular weight excluding hydrogens is 388 g/mol. The summed E-state index contributed by atoms with van der Waals surface area (Å²) in [5, 5.41) is 3.06. The largest absolute Gasteiger partial charge is 0.381 e. The van der Waals surface area contributed by atoms with E-state index in [0.717, 1.165) is 23.6 Å². The summed E-state index contributed by atoms with van der Waals surface area (Å²) < 4.78 is 38.2. The number of hydrogen-bond acceptors (Lipinski definition) is 3. The summed E-state index contributed by atoms with van der Waals surface area (Å²) >= 11 is 0. The highest BCUT2D eigenvalue weighted by atomic mass is 19.2. The van der Waals surface area contributed by atoms with Gasteiger partial charge in [0, 0.05) is 26.9 Å². The molecule has 4 nitrogen and oxygen atoms in total. The molecule has 2 aromatic carbocycles. The Morgan fingerprint density at radius 3 is 2.57 bits per heavy atom. The van der Waals surface area contributed by atoms with Crippen LogP contribution in [0.3, 0.4) is 0 Å². The van der Waals surface area contributed by atoms with E-state index in [4.69, 9.17) is 9.47 Å². The highest BCUT2D eigenvalue weighted by molar-refractivity contribution is 5.83. The normalized spacial score (nSPS) is 16.8. The van der Waals surface area contributed by atoms with Gasteiger partial charge in [-0.3, -0.25) is 4.79 Å². The number of amides is 1. The number of carbonyl (C=O) groups is 1. The first-order valence-corrected chi connectivity index (χ1v) is 10.4. The van der Waals surface area contributed by atoms with Crippen molar-refractivity contribution in [2.45, 2.75) is 38.7 Å². The van der Waals surface area contributed by atoms with Crippen LogP contribution in [0.4, 0.5) is 8.78 Å². The van der Waals surface area contributed by atoms with E-state index in [0.29, 0.717) is 44.6 Å². The summed E-state index contributed by atoms with van der Waals surface area (Å²) in [4.78, 5) is 13.3. The second kappa shape index (κ2) is 10.1. The van der Waals surface area contributed by atoms with E-state index >= 15 is 0 Å². The van der Waals surface area contributed by atoms with Crippen LogP contribution in [-0.4, -0.2) is 38.9 Å². The summed E-state index contributed by atoms with van der Waals surface area (Å²) in [6, 6.07) is 11.5. The van der Waals surface area contributed by atoms with Crippen molar-refractivity contribution in [1.29, 1.82) is 0 Å². The molecule has 0 spiro atoms. The fraction of sp³-hybridized carbons (Fsp3) is 0.458. The van der Waals surface area contributed by atoms with Crippen LogP contribution in [0.15, 0.2) is 42.5 Å². The Kier molecular flexibility index (Phi) is 7.56. The molecule has 0 radical (unpaired) electrons. The van der Waals surface area contributed by atoms with Crippen LogP contribution < -0.4 is 5.32 Å². The molecule has 1 aliphatic heterocycles. The lowest BCUT2D eigenvalue weighted by Gasteiger charge is -2.36. The lowest BCUT2D eigenvalue weighted by atomic mass is 9.73. The lowest BCUT2D eigenvalue weighted by molar-refractivity contribution is -0.137. The van der Waals surface area contributed by atoms with E-state index < -0.39 is 17.0 Å². The Morgan fingerprint density at radius 2 is 1.90 bits per heavy atom. The quantitative estimate of drug-likeness (QED) is 0.687. The zero-order valence-corrected chi connectivity index (χ0v) is 17.5. The second-order valence-electron chi connectivity index (χ2n) is 7.83. The van der Waals surface area contributed by atoms with E-state index in [1.165, 1.54) is 6.07 Å².